The highest BCUT2D eigenvalue weighted by atomic mass is 32.2. The van der Waals surface area contributed by atoms with Gasteiger partial charge in [-0.2, -0.15) is 0 Å². The van der Waals surface area contributed by atoms with Gasteiger partial charge in [0.2, 0.25) is 0 Å². The molecule has 0 spiro atoms. The quantitative estimate of drug-likeness (QED) is 0.837. The average Bonchev–Trinajstić information content (AvgIpc) is 3.19. The number of hydrogen-bond donors (Lipinski definition) is 1. The maximum atomic E-state index is 4.70. The Morgan fingerprint density at radius 3 is 2.81 bits per heavy atom. The van der Waals surface area contributed by atoms with Crippen LogP contribution in [-0.4, -0.2) is 11.7 Å². The standard InChI is InChI=1S/C17H20N2S2/c1-2-7-14(15-10-6-11-20-15)19-17-18-12-16(21-17)13-8-4-3-5-9-13/h3-6,8-11,14,16H,2,7,12H2,1H3,(H,18,19). The predicted octanol–water partition coefficient (Wildman–Crippen LogP) is 5.02. The molecule has 1 aliphatic heterocycles. The van der Waals surface area contributed by atoms with Gasteiger partial charge < -0.3 is 5.32 Å². The summed E-state index contributed by atoms with van der Waals surface area (Å²) >= 11 is 3.68. The molecule has 0 saturated carbocycles. The van der Waals surface area contributed by atoms with E-state index in [0.717, 1.165) is 18.1 Å². The second-order valence-corrected chi connectivity index (χ2v) is 7.33. The zero-order valence-electron chi connectivity index (χ0n) is 12.2. The number of rotatable bonds is 5. The lowest BCUT2D eigenvalue weighted by Gasteiger charge is -2.18. The van der Waals surface area contributed by atoms with E-state index in [1.807, 2.05) is 23.1 Å². The minimum atomic E-state index is 0.399. The monoisotopic (exact) mass is 316 g/mol. The molecule has 1 N–H and O–H groups in total. The first-order chi connectivity index (χ1) is 10.4. The highest BCUT2D eigenvalue weighted by Gasteiger charge is 2.23. The third-order valence-corrected chi connectivity index (χ3v) is 5.75. The molecule has 2 heterocycles. The lowest BCUT2D eigenvalue weighted by atomic mass is 10.1. The van der Waals surface area contributed by atoms with Crippen LogP contribution in [0.15, 0.2) is 52.8 Å². The van der Waals surface area contributed by atoms with E-state index in [2.05, 4.69) is 60.1 Å². The van der Waals surface area contributed by atoms with Crippen LogP contribution in [0, 0.1) is 0 Å². The summed E-state index contributed by atoms with van der Waals surface area (Å²) in [7, 11) is 0. The van der Waals surface area contributed by atoms with Crippen molar-refractivity contribution in [2.24, 2.45) is 4.99 Å². The van der Waals surface area contributed by atoms with E-state index in [4.69, 9.17) is 4.99 Å². The molecule has 4 heteroatoms. The summed E-state index contributed by atoms with van der Waals surface area (Å²) in [6, 6.07) is 15.4. The summed E-state index contributed by atoms with van der Waals surface area (Å²) in [5, 5.41) is 7.34. The molecule has 0 saturated heterocycles. The molecule has 1 aromatic carbocycles. The largest absolute Gasteiger partial charge is 0.357 e. The Morgan fingerprint density at radius 2 is 2.10 bits per heavy atom. The molecule has 3 rings (SSSR count). The Hall–Kier alpha value is -1.26. The summed E-state index contributed by atoms with van der Waals surface area (Å²) in [6.45, 7) is 3.11. The number of thioether (sulfide) groups is 1. The van der Waals surface area contributed by atoms with E-state index in [1.54, 1.807) is 0 Å². The van der Waals surface area contributed by atoms with Crippen molar-refractivity contribution in [3.05, 3.63) is 58.3 Å². The van der Waals surface area contributed by atoms with Crippen molar-refractivity contribution < 1.29 is 0 Å². The number of nitrogens with zero attached hydrogens (tertiary/aromatic N) is 1. The molecular formula is C17H20N2S2. The van der Waals surface area contributed by atoms with E-state index in [1.165, 1.54) is 16.9 Å². The second-order valence-electron chi connectivity index (χ2n) is 5.16. The SMILES string of the molecule is CCCC(NC1=NCC(c2ccccc2)S1)c1cccs1. The normalized spacial score (nSPS) is 19.3. The van der Waals surface area contributed by atoms with Crippen LogP contribution in [0.3, 0.4) is 0 Å². The first-order valence-corrected chi connectivity index (χ1v) is 9.18. The Kier molecular flexibility index (Phi) is 4.99. The molecule has 0 aliphatic carbocycles. The van der Waals surface area contributed by atoms with Crippen LogP contribution in [-0.2, 0) is 0 Å². The number of nitrogens with one attached hydrogen (secondary N) is 1. The van der Waals surface area contributed by atoms with Crippen molar-refractivity contribution in [1.29, 1.82) is 0 Å². The van der Waals surface area contributed by atoms with Gasteiger partial charge in [0.15, 0.2) is 5.17 Å². The van der Waals surface area contributed by atoms with Crippen LogP contribution in [0.5, 0.6) is 0 Å². The lowest BCUT2D eigenvalue weighted by molar-refractivity contribution is 0.594. The Labute approximate surface area is 134 Å². The summed E-state index contributed by atoms with van der Waals surface area (Å²) in [5.41, 5.74) is 1.37. The van der Waals surface area contributed by atoms with E-state index < -0.39 is 0 Å². The summed E-state index contributed by atoms with van der Waals surface area (Å²) in [4.78, 5) is 6.10. The molecular weight excluding hydrogens is 296 g/mol. The lowest BCUT2D eigenvalue weighted by Crippen LogP contribution is -2.24. The number of benzene rings is 1. The molecule has 2 unspecified atom stereocenters. The number of thiophene rings is 1. The third-order valence-electron chi connectivity index (χ3n) is 3.59. The molecule has 2 nitrogen and oxygen atoms in total. The number of aliphatic imine (C=N–C) groups is 1. The maximum absolute atomic E-state index is 4.70. The zero-order chi connectivity index (χ0) is 14.5. The topological polar surface area (TPSA) is 24.4 Å². The van der Waals surface area contributed by atoms with Gasteiger partial charge in [-0.15, -0.1) is 11.3 Å². The minimum absolute atomic E-state index is 0.399. The molecule has 0 fully saturated rings. The summed E-state index contributed by atoms with van der Waals surface area (Å²) in [5.74, 6) is 0. The minimum Gasteiger partial charge on any atom is -0.357 e. The van der Waals surface area contributed by atoms with Crippen LogP contribution in [0.2, 0.25) is 0 Å². The molecule has 2 aromatic rings. The smallest absolute Gasteiger partial charge is 0.157 e. The Balaban J connectivity index is 1.63. The van der Waals surface area contributed by atoms with E-state index >= 15 is 0 Å². The van der Waals surface area contributed by atoms with Crippen molar-refractivity contribution in [2.45, 2.75) is 31.1 Å². The Morgan fingerprint density at radius 1 is 1.24 bits per heavy atom. The van der Waals surface area contributed by atoms with Crippen LogP contribution >= 0.6 is 23.1 Å². The molecule has 2 atom stereocenters. The van der Waals surface area contributed by atoms with Crippen molar-refractivity contribution in [3.8, 4) is 0 Å². The fourth-order valence-corrected chi connectivity index (χ4v) is 4.39. The number of amidine groups is 1. The molecule has 21 heavy (non-hydrogen) atoms. The van der Waals surface area contributed by atoms with E-state index in [0.29, 0.717) is 11.3 Å². The van der Waals surface area contributed by atoms with Crippen LogP contribution in [0.1, 0.15) is 41.5 Å². The second kappa shape index (κ2) is 7.14. The maximum Gasteiger partial charge on any atom is 0.157 e. The molecule has 110 valence electrons. The van der Waals surface area contributed by atoms with Gasteiger partial charge in [0.05, 0.1) is 17.8 Å². The van der Waals surface area contributed by atoms with Gasteiger partial charge in [0.25, 0.3) is 0 Å². The fraction of sp³-hybridized carbons (Fsp3) is 0.353. The molecule has 0 bridgehead atoms. The van der Waals surface area contributed by atoms with Crippen LogP contribution in [0.4, 0.5) is 0 Å². The van der Waals surface area contributed by atoms with Crippen LogP contribution < -0.4 is 5.32 Å². The highest BCUT2D eigenvalue weighted by molar-refractivity contribution is 8.14. The summed E-state index contributed by atoms with van der Waals surface area (Å²) < 4.78 is 0. The van der Waals surface area contributed by atoms with E-state index in [-0.39, 0.29) is 0 Å². The van der Waals surface area contributed by atoms with Gasteiger partial charge in [-0.1, -0.05) is 61.5 Å². The van der Waals surface area contributed by atoms with Crippen molar-refractivity contribution in [2.75, 3.05) is 6.54 Å². The van der Waals surface area contributed by atoms with Gasteiger partial charge in [-0.25, -0.2) is 0 Å². The zero-order valence-corrected chi connectivity index (χ0v) is 13.8. The highest BCUT2D eigenvalue weighted by Crippen LogP contribution is 2.35. The van der Waals surface area contributed by atoms with Gasteiger partial charge in [0.1, 0.15) is 0 Å². The summed E-state index contributed by atoms with van der Waals surface area (Å²) in [6.07, 6.45) is 2.33. The van der Waals surface area contributed by atoms with Crippen LogP contribution in [0.25, 0.3) is 0 Å². The molecule has 1 aromatic heterocycles. The van der Waals surface area contributed by atoms with Crippen molar-refractivity contribution >= 4 is 28.3 Å². The first-order valence-electron chi connectivity index (χ1n) is 7.43. The van der Waals surface area contributed by atoms with Crippen molar-refractivity contribution in [3.63, 3.8) is 0 Å². The van der Waals surface area contributed by atoms with Gasteiger partial charge in [-0.05, 0) is 23.4 Å². The number of hydrogen-bond acceptors (Lipinski definition) is 4. The third kappa shape index (κ3) is 3.69. The van der Waals surface area contributed by atoms with Gasteiger partial charge in [0, 0.05) is 4.88 Å². The first kappa shape index (κ1) is 14.7. The fourth-order valence-electron chi connectivity index (χ4n) is 2.51. The Bertz CT molecular complexity index is 578. The average molecular weight is 316 g/mol. The predicted molar refractivity (Wildman–Crippen MR) is 94.2 cm³/mol. The van der Waals surface area contributed by atoms with Crippen molar-refractivity contribution in [1.82, 2.24) is 5.32 Å². The van der Waals surface area contributed by atoms with Gasteiger partial charge in [-0.3, -0.25) is 4.99 Å². The van der Waals surface area contributed by atoms with E-state index in [9.17, 15) is 0 Å². The molecule has 0 amide bonds. The molecule has 0 radical (unpaired) electrons. The molecule has 1 aliphatic rings. The van der Waals surface area contributed by atoms with Gasteiger partial charge >= 0.3 is 0 Å².